The number of nitrogens with one attached hydrogen (secondary N) is 1. The van der Waals surface area contributed by atoms with E-state index < -0.39 is 27.0 Å². The third-order valence-corrected chi connectivity index (χ3v) is 7.00. The standard InChI is InChI=1S/C17H22F2N2O3S/c1-21(12-6-9-25(23,24)11-12)10-15(22)20-17(7-3-8-17)16-13(18)4-2-5-14(16)19/h2,4-5,12H,3,6-11H2,1H3,(H,20,22). The van der Waals surface area contributed by atoms with Gasteiger partial charge in [0.25, 0.3) is 0 Å². The molecule has 1 saturated heterocycles. The highest BCUT2D eigenvalue weighted by Gasteiger charge is 2.44. The van der Waals surface area contributed by atoms with E-state index in [4.69, 9.17) is 0 Å². The van der Waals surface area contributed by atoms with E-state index in [2.05, 4.69) is 5.32 Å². The number of likely N-dealkylation sites (N-methyl/N-ethyl adjacent to an activating group) is 1. The molecular formula is C17H22F2N2O3S. The highest BCUT2D eigenvalue weighted by Crippen LogP contribution is 2.43. The van der Waals surface area contributed by atoms with E-state index in [0.717, 1.165) is 6.42 Å². The first-order valence-electron chi connectivity index (χ1n) is 8.39. The van der Waals surface area contributed by atoms with Crippen LogP contribution in [0, 0.1) is 11.6 Å². The van der Waals surface area contributed by atoms with Crippen LogP contribution < -0.4 is 5.32 Å². The fourth-order valence-corrected chi connectivity index (χ4v) is 5.51. The van der Waals surface area contributed by atoms with E-state index in [0.29, 0.717) is 19.3 Å². The first-order valence-corrected chi connectivity index (χ1v) is 10.2. The Balaban J connectivity index is 1.69. The van der Waals surface area contributed by atoms with Gasteiger partial charge in [0.05, 0.1) is 23.6 Å². The van der Waals surface area contributed by atoms with Gasteiger partial charge >= 0.3 is 0 Å². The molecular weight excluding hydrogens is 350 g/mol. The molecule has 0 bridgehead atoms. The highest BCUT2D eigenvalue weighted by molar-refractivity contribution is 7.91. The van der Waals surface area contributed by atoms with Gasteiger partial charge in [0, 0.05) is 11.6 Å². The molecule has 1 aliphatic heterocycles. The van der Waals surface area contributed by atoms with Crippen molar-refractivity contribution in [3.8, 4) is 0 Å². The topological polar surface area (TPSA) is 66.5 Å². The van der Waals surface area contributed by atoms with Crippen LogP contribution in [0.4, 0.5) is 8.78 Å². The number of rotatable bonds is 5. The van der Waals surface area contributed by atoms with Gasteiger partial charge in [-0.3, -0.25) is 9.69 Å². The van der Waals surface area contributed by atoms with Gasteiger partial charge in [0.2, 0.25) is 5.91 Å². The summed E-state index contributed by atoms with van der Waals surface area (Å²) < 4.78 is 51.4. The normalized spacial score (nSPS) is 24.1. The van der Waals surface area contributed by atoms with Crippen molar-refractivity contribution >= 4 is 15.7 Å². The van der Waals surface area contributed by atoms with Gasteiger partial charge < -0.3 is 5.32 Å². The third-order valence-electron chi connectivity index (χ3n) is 5.25. The fraction of sp³-hybridized carbons (Fsp3) is 0.588. The number of carbonyl (C=O) groups excluding carboxylic acids is 1. The quantitative estimate of drug-likeness (QED) is 0.852. The van der Waals surface area contributed by atoms with Gasteiger partial charge in [-0.1, -0.05) is 6.07 Å². The Morgan fingerprint density at radius 3 is 2.44 bits per heavy atom. The summed E-state index contributed by atoms with van der Waals surface area (Å²) in [4.78, 5) is 14.1. The van der Waals surface area contributed by atoms with E-state index in [1.54, 1.807) is 11.9 Å². The average Bonchev–Trinajstić information content (AvgIpc) is 2.84. The molecule has 1 aromatic carbocycles. The molecule has 1 aliphatic carbocycles. The molecule has 1 atom stereocenters. The first-order chi connectivity index (χ1) is 11.7. The Morgan fingerprint density at radius 2 is 1.96 bits per heavy atom. The van der Waals surface area contributed by atoms with E-state index >= 15 is 0 Å². The minimum Gasteiger partial charge on any atom is -0.345 e. The van der Waals surface area contributed by atoms with Crippen molar-refractivity contribution in [2.75, 3.05) is 25.1 Å². The summed E-state index contributed by atoms with van der Waals surface area (Å²) in [6, 6.07) is 3.50. The Hall–Kier alpha value is -1.54. The number of benzene rings is 1. The summed E-state index contributed by atoms with van der Waals surface area (Å²) in [6.07, 6.45) is 2.25. The molecule has 25 heavy (non-hydrogen) atoms. The lowest BCUT2D eigenvalue weighted by Gasteiger charge is -2.43. The fourth-order valence-electron chi connectivity index (χ4n) is 3.71. The monoisotopic (exact) mass is 372 g/mol. The van der Waals surface area contributed by atoms with Crippen LogP contribution in [-0.4, -0.2) is 50.4 Å². The summed E-state index contributed by atoms with van der Waals surface area (Å²) in [6.45, 7) is -0.00198. The summed E-state index contributed by atoms with van der Waals surface area (Å²) in [7, 11) is -1.34. The van der Waals surface area contributed by atoms with Crippen LogP contribution in [0.25, 0.3) is 0 Å². The first kappa shape index (κ1) is 18.3. The molecule has 2 fully saturated rings. The van der Waals surface area contributed by atoms with Crippen molar-refractivity contribution < 1.29 is 22.0 Å². The summed E-state index contributed by atoms with van der Waals surface area (Å²) in [5.74, 6) is -1.49. The molecule has 0 aromatic heterocycles. The highest BCUT2D eigenvalue weighted by atomic mass is 32.2. The predicted molar refractivity (Wildman–Crippen MR) is 89.7 cm³/mol. The number of hydrogen-bond donors (Lipinski definition) is 1. The van der Waals surface area contributed by atoms with Crippen LogP contribution in [-0.2, 0) is 20.2 Å². The van der Waals surface area contributed by atoms with Crippen LogP contribution in [0.5, 0.6) is 0 Å². The van der Waals surface area contributed by atoms with Gasteiger partial charge in [-0.2, -0.15) is 0 Å². The van der Waals surface area contributed by atoms with Gasteiger partial charge in [0.1, 0.15) is 11.6 Å². The second kappa shape index (κ2) is 6.64. The van der Waals surface area contributed by atoms with Gasteiger partial charge in [-0.25, -0.2) is 17.2 Å². The maximum absolute atomic E-state index is 14.1. The number of hydrogen-bond acceptors (Lipinski definition) is 4. The maximum Gasteiger partial charge on any atom is 0.234 e. The van der Waals surface area contributed by atoms with Crippen molar-refractivity contribution in [2.24, 2.45) is 0 Å². The zero-order valence-corrected chi connectivity index (χ0v) is 14.9. The van der Waals surface area contributed by atoms with Crippen molar-refractivity contribution in [1.29, 1.82) is 0 Å². The summed E-state index contributed by atoms with van der Waals surface area (Å²) in [5.41, 5.74) is -1.09. The Bertz CT molecular complexity index is 758. The molecule has 1 N–H and O–H groups in total. The molecule has 0 spiro atoms. The lowest BCUT2D eigenvalue weighted by Crippen LogP contribution is -2.54. The van der Waals surface area contributed by atoms with Crippen molar-refractivity contribution in [3.05, 3.63) is 35.4 Å². The van der Waals surface area contributed by atoms with Crippen LogP contribution >= 0.6 is 0 Å². The molecule has 1 aromatic rings. The third kappa shape index (κ3) is 3.69. The van der Waals surface area contributed by atoms with E-state index in [1.165, 1.54) is 18.2 Å². The average molecular weight is 372 g/mol. The van der Waals surface area contributed by atoms with Gasteiger partial charge in [0.15, 0.2) is 9.84 Å². The largest absolute Gasteiger partial charge is 0.345 e. The molecule has 138 valence electrons. The van der Waals surface area contributed by atoms with E-state index in [-0.39, 0.29) is 35.6 Å². The molecule has 1 saturated carbocycles. The number of sulfone groups is 1. The molecule has 1 heterocycles. The smallest absolute Gasteiger partial charge is 0.234 e. The lowest BCUT2D eigenvalue weighted by atomic mass is 9.71. The predicted octanol–water partition coefficient (Wildman–Crippen LogP) is 1.58. The molecule has 1 amide bonds. The van der Waals surface area contributed by atoms with E-state index in [1.807, 2.05) is 0 Å². The minimum atomic E-state index is -3.03. The molecule has 3 rings (SSSR count). The number of carbonyl (C=O) groups is 1. The SMILES string of the molecule is CN(CC(=O)NC1(c2c(F)cccc2F)CCC1)C1CCS(=O)(=O)C1. The minimum absolute atomic E-state index is 0.00198. The molecule has 5 nitrogen and oxygen atoms in total. The molecule has 2 aliphatic rings. The van der Waals surface area contributed by atoms with Gasteiger partial charge in [-0.05, 0) is 44.9 Å². The molecule has 8 heteroatoms. The van der Waals surface area contributed by atoms with E-state index in [9.17, 15) is 22.0 Å². The number of halogens is 2. The zero-order chi connectivity index (χ0) is 18.2. The Labute approximate surface area is 146 Å². The number of nitrogens with zero attached hydrogens (tertiary/aromatic N) is 1. The molecule has 0 radical (unpaired) electrons. The summed E-state index contributed by atoms with van der Waals surface area (Å²) >= 11 is 0. The lowest BCUT2D eigenvalue weighted by molar-refractivity contribution is -0.125. The summed E-state index contributed by atoms with van der Waals surface area (Å²) in [5, 5.41) is 2.79. The second-order valence-electron chi connectivity index (χ2n) is 7.05. The number of amides is 1. The van der Waals surface area contributed by atoms with Crippen molar-refractivity contribution in [1.82, 2.24) is 10.2 Å². The Kier molecular flexibility index (Phi) is 4.85. The second-order valence-corrected chi connectivity index (χ2v) is 9.28. The van der Waals surface area contributed by atoms with Crippen molar-refractivity contribution in [2.45, 2.75) is 37.3 Å². The maximum atomic E-state index is 14.1. The molecule has 1 unspecified atom stereocenters. The zero-order valence-electron chi connectivity index (χ0n) is 14.1. The van der Waals surface area contributed by atoms with Crippen LogP contribution in [0.2, 0.25) is 0 Å². The van der Waals surface area contributed by atoms with Gasteiger partial charge in [-0.15, -0.1) is 0 Å². The van der Waals surface area contributed by atoms with Crippen LogP contribution in [0.15, 0.2) is 18.2 Å². The Morgan fingerprint density at radius 1 is 1.32 bits per heavy atom. The van der Waals surface area contributed by atoms with Crippen molar-refractivity contribution in [3.63, 3.8) is 0 Å². The van der Waals surface area contributed by atoms with Crippen LogP contribution in [0.3, 0.4) is 0 Å². The van der Waals surface area contributed by atoms with Crippen LogP contribution in [0.1, 0.15) is 31.2 Å².